The standard InChI is InChI=1S/C23H27FN4O2/c1-14-18(12-21(29)27-20-8-4-3-7-19(20)24)15(2)26-22(25-14)17-6-5-11-28(13-17)23(30)16-9-10-16/h3-4,7-8,16-17H,5-6,9-13H2,1-2H3,(H,27,29). The zero-order valence-electron chi connectivity index (χ0n) is 17.4. The summed E-state index contributed by atoms with van der Waals surface area (Å²) in [4.78, 5) is 36.2. The lowest BCUT2D eigenvalue weighted by atomic mass is 9.96. The van der Waals surface area contributed by atoms with Crippen LogP contribution in [0.3, 0.4) is 0 Å². The monoisotopic (exact) mass is 410 g/mol. The van der Waals surface area contributed by atoms with Crippen molar-refractivity contribution in [3.05, 3.63) is 52.9 Å². The van der Waals surface area contributed by atoms with Gasteiger partial charge in [0.2, 0.25) is 11.8 Å². The number of piperidine rings is 1. The van der Waals surface area contributed by atoms with E-state index in [9.17, 15) is 14.0 Å². The van der Waals surface area contributed by atoms with Gasteiger partial charge in [-0.2, -0.15) is 0 Å². The van der Waals surface area contributed by atoms with Gasteiger partial charge in [0.05, 0.1) is 12.1 Å². The molecule has 1 aliphatic carbocycles. The summed E-state index contributed by atoms with van der Waals surface area (Å²) in [5.41, 5.74) is 2.44. The van der Waals surface area contributed by atoms with E-state index in [0.717, 1.165) is 55.0 Å². The van der Waals surface area contributed by atoms with Crippen LogP contribution < -0.4 is 5.32 Å². The number of aromatic nitrogens is 2. The molecule has 6 nitrogen and oxygen atoms in total. The van der Waals surface area contributed by atoms with Gasteiger partial charge in [0, 0.05) is 41.9 Å². The number of carbonyl (C=O) groups excluding carboxylic acids is 2. The summed E-state index contributed by atoms with van der Waals surface area (Å²) in [7, 11) is 0. The summed E-state index contributed by atoms with van der Waals surface area (Å²) < 4.78 is 13.8. The van der Waals surface area contributed by atoms with Crippen molar-refractivity contribution in [1.82, 2.24) is 14.9 Å². The molecule has 0 bridgehead atoms. The van der Waals surface area contributed by atoms with E-state index in [1.165, 1.54) is 12.1 Å². The van der Waals surface area contributed by atoms with Crippen LogP contribution in [0.25, 0.3) is 0 Å². The van der Waals surface area contributed by atoms with Crippen molar-refractivity contribution < 1.29 is 14.0 Å². The number of hydrogen-bond acceptors (Lipinski definition) is 4. The maximum Gasteiger partial charge on any atom is 0.229 e. The molecule has 1 saturated heterocycles. The first-order valence-electron chi connectivity index (χ1n) is 10.6. The molecular formula is C23H27FN4O2. The first-order valence-corrected chi connectivity index (χ1v) is 10.6. The van der Waals surface area contributed by atoms with Crippen LogP contribution in [0.15, 0.2) is 24.3 Å². The van der Waals surface area contributed by atoms with E-state index < -0.39 is 5.82 Å². The molecule has 7 heteroatoms. The third-order valence-corrected chi connectivity index (χ3v) is 5.95. The average Bonchev–Trinajstić information content (AvgIpc) is 3.57. The molecule has 158 valence electrons. The van der Waals surface area contributed by atoms with Gasteiger partial charge in [-0.25, -0.2) is 14.4 Å². The molecule has 4 rings (SSSR count). The SMILES string of the molecule is Cc1nc(C2CCCN(C(=O)C3CC3)C2)nc(C)c1CC(=O)Nc1ccccc1F. The molecule has 0 spiro atoms. The molecule has 2 heterocycles. The van der Waals surface area contributed by atoms with Gasteiger partial charge in [0.1, 0.15) is 11.6 Å². The third kappa shape index (κ3) is 4.50. The highest BCUT2D eigenvalue weighted by molar-refractivity contribution is 5.92. The summed E-state index contributed by atoms with van der Waals surface area (Å²) in [6.45, 7) is 5.24. The van der Waals surface area contributed by atoms with E-state index in [0.29, 0.717) is 6.54 Å². The fraction of sp³-hybridized carbons (Fsp3) is 0.478. The Balaban J connectivity index is 1.45. The molecule has 1 aromatic heterocycles. The Morgan fingerprint density at radius 2 is 1.83 bits per heavy atom. The highest BCUT2D eigenvalue weighted by Crippen LogP contribution is 2.34. The van der Waals surface area contributed by atoms with Crippen LogP contribution in [-0.4, -0.2) is 39.8 Å². The summed E-state index contributed by atoms with van der Waals surface area (Å²) >= 11 is 0. The number of benzene rings is 1. The highest BCUT2D eigenvalue weighted by atomic mass is 19.1. The van der Waals surface area contributed by atoms with Gasteiger partial charge in [0.15, 0.2) is 0 Å². The van der Waals surface area contributed by atoms with Crippen molar-refractivity contribution in [1.29, 1.82) is 0 Å². The Bertz CT molecular complexity index is 950. The Labute approximate surface area is 175 Å². The Kier molecular flexibility index (Phi) is 5.79. The second-order valence-electron chi connectivity index (χ2n) is 8.33. The molecule has 1 unspecified atom stereocenters. The third-order valence-electron chi connectivity index (χ3n) is 5.95. The first-order chi connectivity index (χ1) is 14.4. The molecule has 2 fully saturated rings. The van der Waals surface area contributed by atoms with Crippen molar-refractivity contribution >= 4 is 17.5 Å². The fourth-order valence-electron chi connectivity index (χ4n) is 4.10. The molecule has 2 aliphatic rings. The molecule has 0 radical (unpaired) electrons. The number of hydrogen-bond donors (Lipinski definition) is 1. The van der Waals surface area contributed by atoms with Gasteiger partial charge < -0.3 is 10.2 Å². The predicted octanol–water partition coefficient (Wildman–Crippen LogP) is 3.53. The normalized spacial score (nSPS) is 18.9. The number of likely N-dealkylation sites (tertiary alicyclic amines) is 1. The molecule has 1 aromatic carbocycles. The number of para-hydroxylation sites is 1. The van der Waals surface area contributed by atoms with E-state index >= 15 is 0 Å². The smallest absolute Gasteiger partial charge is 0.229 e. The molecule has 30 heavy (non-hydrogen) atoms. The minimum Gasteiger partial charge on any atom is -0.342 e. The molecule has 2 aromatic rings. The van der Waals surface area contributed by atoms with E-state index in [2.05, 4.69) is 15.3 Å². The quantitative estimate of drug-likeness (QED) is 0.818. The lowest BCUT2D eigenvalue weighted by molar-refractivity contribution is -0.133. The Hall–Kier alpha value is -2.83. The minimum absolute atomic E-state index is 0.0865. The fourth-order valence-corrected chi connectivity index (χ4v) is 4.10. The van der Waals surface area contributed by atoms with Crippen molar-refractivity contribution in [2.75, 3.05) is 18.4 Å². The number of carbonyl (C=O) groups is 2. The van der Waals surface area contributed by atoms with Crippen LogP contribution in [0.1, 0.15) is 54.4 Å². The van der Waals surface area contributed by atoms with Crippen LogP contribution in [0.5, 0.6) is 0 Å². The molecular weight excluding hydrogens is 383 g/mol. The predicted molar refractivity (Wildman–Crippen MR) is 112 cm³/mol. The number of nitrogens with one attached hydrogen (secondary N) is 1. The Morgan fingerprint density at radius 1 is 1.13 bits per heavy atom. The maximum atomic E-state index is 13.8. The van der Waals surface area contributed by atoms with Crippen LogP contribution in [-0.2, 0) is 16.0 Å². The number of aryl methyl sites for hydroxylation is 2. The molecule has 1 aliphatic heterocycles. The van der Waals surface area contributed by atoms with Gasteiger partial charge in [-0.3, -0.25) is 9.59 Å². The second-order valence-corrected chi connectivity index (χ2v) is 8.33. The van der Waals surface area contributed by atoms with Gasteiger partial charge in [-0.1, -0.05) is 12.1 Å². The summed E-state index contributed by atoms with van der Waals surface area (Å²) in [6.07, 6.45) is 4.03. The maximum absolute atomic E-state index is 13.8. The van der Waals surface area contributed by atoms with Crippen molar-refractivity contribution in [2.24, 2.45) is 5.92 Å². The molecule has 1 N–H and O–H groups in total. The van der Waals surface area contributed by atoms with Crippen LogP contribution in [0, 0.1) is 25.6 Å². The number of rotatable bonds is 5. The van der Waals surface area contributed by atoms with E-state index in [4.69, 9.17) is 0 Å². The number of halogens is 1. The summed E-state index contributed by atoms with van der Waals surface area (Å²) in [5, 5.41) is 2.61. The summed E-state index contributed by atoms with van der Waals surface area (Å²) in [6, 6.07) is 6.10. The number of nitrogens with zero attached hydrogens (tertiary/aromatic N) is 3. The van der Waals surface area contributed by atoms with E-state index in [1.807, 2.05) is 18.7 Å². The highest BCUT2D eigenvalue weighted by Gasteiger charge is 2.36. The van der Waals surface area contributed by atoms with E-state index in [1.54, 1.807) is 12.1 Å². The van der Waals surface area contributed by atoms with Crippen LogP contribution >= 0.6 is 0 Å². The lowest BCUT2D eigenvalue weighted by Crippen LogP contribution is -2.40. The van der Waals surface area contributed by atoms with Gasteiger partial charge in [-0.15, -0.1) is 0 Å². The first kappa shape index (κ1) is 20.4. The van der Waals surface area contributed by atoms with Crippen LogP contribution in [0.4, 0.5) is 10.1 Å². The zero-order chi connectivity index (χ0) is 21.3. The second kappa shape index (κ2) is 8.50. The lowest BCUT2D eigenvalue weighted by Gasteiger charge is -2.32. The molecule has 1 atom stereocenters. The van der Waals surface area contributed by atoms with E-state index in [-0.39, 0.29) is 35.8 Å². The van der Waals surface area contributed by atoms with Crippen molar-refractivity contribution in [2.45, 2.75) is 51.9 Å². The molecule has 1 saturated carbocycles. The summed E-state index contributed by atoms with van der Waals surface area (Å²) in [5.74, 6) is 0.602. The topological polar surface area (TPSA) is 75.2 Å². The van der Waals surface area contributed by atoms with Crippen LogP contribution in [0.2, 0.25) is 0 Å². The van der Waals surface area contributed by atoms with Gasteiger partial charge in [-0.05, 0) is 51.7 Å². The van der Waals surface area contributed by atoms with Crippen molar-refractivity contribution in [3.63, 3.8) is 0 Å². The van der Waals surface area contributed by atoms with Gasteiger partial charge in [0.25, 0.3) is 0 Å². The number of amides is 2. The Morgan fingerprint density at radius 3 is 2.50 bits per heavy atom. The average molecular weight is 410 g/mol. The van der Waals surface area contributed by atoms with Gasteiger partial charge >= 0.3 is 0 Å². The largest absolute Gasteiger partial charge is 0.342 e. The molecule has 2 amide bonds. The zero-order valence-corrected chi connectivity index (χ0v) is 17.4. The number of anilines is 1. The van der Waals surface area contributed by atoms with Crippen molar-refractivity contribution in [3.8, 4) is 0 Å². The minimum atomic E-state index is -0.464.